The van der Waals surface area contributed by atoms with Crippen LogP contribution in [-0.2, 0) is 0 Å². The van der Waals surface area contributed by atoms with Crippen molar-refractivity contribution in [3.05, 3.63) is 22.7 Å². The highest BCUT2D eigenvalue weighted by Gasteiger charge is 2.08. The van der Waals surface area contributed by atoms with E-state index in [-0.39, 0.29) is 10.3 Å². The highest BCUT2D eigenvalue weighted by molar-refractivity contribution is 9.10. The topological polar surface area (TPSA) is 24.9 Å². The molecule has 0 fully saturated rings. The van der Waals surface area contributed by atoms with E-state index >= 15 is 0 Å². The van der Waals surface area contributed by atoms with Crippen molar-refractivity contribution in [2.45, 2.75) is 6.43 Å². The van der Waals surface area contributed by atoms with Crippen LogP contribution in [0, 0.1) is 5.82 Å². The van der Waals surface area contributed by atoms with Gasteiger partial charge in [-0.05, 0) is 22.0 Å². The van der Waals surface area contributed by atoms with Crippen LogP contribution < -0.4 is 5.32 Å². The highest BCUT2D eigenvalue weighted by Crippen LogP contribution is 2.19. The van der Waals surface area contributed by atoms with Gasteiger partial charge in [-0.3, -0.25) is 0 Å². The van der Waals surface area contributed by atoms with Crippen LogP contribution in [-0.4, -0.2) is 18.0 Å². The van der Waals surface area contributed by atoms with E-state index in [2.05, 4.69) is 26.2 Å². The third kappa shape index (κ3) is 2.87. The fraction of sp³-hybridized carbons (Fsp3) is 0.286. The summed E-state index contributed by atoms with van der Waals surface area (Å²) in [4.78, 5) is 3.58. The van der Waals surface area contributed by atoms with Crippen LogP contribution in [0.3, 0.4) is 0 Å². The standard InChI is InChI=1S/C7H6BrF3N2/c8-7-6(11)4(1-2-12-7)13-3-5(9)10/h1-2,5H,3H2,(H,12,13). The number of rotatable bonds is 3. The monoisotopic (exact) mass is 254 g/mol. The van der Waals surface area contributed by atoms with Crippen molar-refractivity contribution in [3.8, 4) is 0 Å². The van der Waals surface area contributed by atoms with Crippen molar-refractivity contribution in [1.82, 2.24) is 4.98 Å². The molecular formula is C7H6BrF3N2. The van der Waals surface area contributed by atoms with E-state index in [1.165, 1.54) is 12.3 Å². The van der Waals surface area contributed by atoms with Gasteiger partial charge in [-0.15, -0.1) is 0 Å². The van der Waals surface area contributed by atoms with Crippen LogP contribution >= 0.6 is 15.9 Å². The van der Waals surface area contributed by atoms with Crippen molar-refractivity contribution < 1.29 is 13.2 Å². The number of hydrogen-bond acceptors (Lipinski definition) is 2. The summed E-state index contributed by atoms with van der Waals surface area (Å²) >= 11 is 2.84. The average Bonchev–Trinajstić information content (AvgIpc) is 2.07. The van der Waals surface area contributed by atoms with Crippen LogP contribution in [0.2, 0.25) is 0 Å². The third-order valence-electron chi connectivity index (χ3n) is 1.29. The lowest BCUT2D eigenvalue weighted by Gasteiger charge is -2.06. The molecule has 1 heterocycles. The minimum atomic E-state index is -2.51. The number of halogens is 4. The first-order valence-electron chi connectivity index (χ1n) is 3.43. The van der Waals surface area contributed by atoms with Gasteiger partial charge in [0.2, 0.25) is 0 Å². The molecule has 0 unspecified atom stereocenters. The predicted octanol–water partition coefficient (Wildman–Crippen LogP) is 2.66. The minimum absolute atomic E-state index is 0.00627. The summed E-state index contributed by atoms with van der Waals surface area (Å²) in [6.07, 6.45) is -1.19. The fourth-order valence-corrected chi connectivity index (χ4v) is 1.07. The van der Waals surface area contributed by atoms with E-state index in [0.29, 0.717) is 0 Å². The first-order chi connectivity index (χ1) is 6.11. The van der Waals surface area contributed by atoms with Gasteiger partial charge in [-0.1, -0.05) is 0 Å². The molecule has 0 bridgehead atoms. The van der Waals surface area contributed by atoms with Gasteiger partial charge < -0.3 is 5.32 Å². The van der Waals surface area contributed by atoms with Crippen molar-refractivity contribution >= 4 is 21.6 Å². The molecule has 0 atom stereocenters. The molecule has 0 aromatic carbocycles. The van der Waals surface area contributed by atoms with Crippen molar-refractivity contribution in [3.63, 3.8) is 0 Å². The van der Waals surface area contributed by atoms with Gasteiger partial charge in [0, 0.05) is 6.20 Å². The summed E-state index contributed by atoms with van der Waals surface area (Å²) in [5, 5.41) is 2.26. The molecular weight excluding hydrogens is 249 g/mol. The van der Waals surface area contributed by atoms with Gasteiger partial charge in [0.15, 0.2) is 5.82 Å². The number of nitrogens with one attached hydrogen (secondary N) is 1. The summed E-state index contributed by atoms with van der Waals surface area (Å²) in [7, 11) is 0. The van der Waals surface area contributed by atoms with Gasteiger partial charge in [-0.25, -0.2) is 18.2 Å². The molecule has 0 saturated carbocycles. The second-order valence-electron chi connectivity index (χ2n) is 2.24. The molecule has 0 aliphatic heterocycles. The minimum Gasteiger partial charge on any atom is -0.377 e. The molecule has 0 radical (unpaired) electrons. The maximum absolute atomic E-state index is 13.0. The molecule has 1 aromatic heterocycles. The summed E-state index contributed by atoms with van der Waals surface area (Å²) in [5.41, 5.74) is 0.0159. The molecule has 6 heteroatoms. The maximum Gasteiger partial charge on any atom is 0.255 e. The number of pyridine rings is 1. The molecule has 0 aliphatic rings. The Morgan fingerprint density at radius 1 is 1.54 bits per heavy atom. The Hall–Kier alpha value is -0.780. The number of aromatic nitrogens is 1. The fourth-order valence-electron chi connectivity index (χ4n) is 0.742. The molecule has 72 valence electrons. The Morgan fingerprint density at radius 3 is 2.85 bits per heavy atom. The van der Waals surface area contributed by atoms with Gasteiger partial charge >= 0.3 is 0 Å². The lowest BCUT2D eigenvalue weighted by Crippen LogP contribution is -2.11. The molecule has 13 heavy (non-hydrogen) atoms. The van der Waals surface area contributed by atoms with Crippen LogP contribution in [0.1, 0.15) is 0 Å². The largest absolute Gasteiger partial charge is 0.377 e. The smallest absolute Gasteiger partial charge is 0.255 e. The Labute approximate surface area is 81.3 Å². The Morgan fingerprint density at radius 2 is 2.23 bits per heavy atom. The second-order valence-corrected chi connectivity index (χ2v) is 2.99. The highest BCUT2D eigenvalue weighted by atomic mass is 79.9. The molecule has 0 spiro atoms. The lowest BCUT2D eigenvalue weighted by molar-refractivity contribution is 0.163. The van der Waals surface area contributed by atoms with E-state index in [0.717, 1.165) is 0 Å². The SMILES string of the molecule is Fc1c(NCC(F)F)ccnc1Br. The van der Waals surface area contributed by atoms with Crippen LogP contribution in [0.25, 0.3) is 0 Å². The van der Waals surface area contributed by atoms with Crippen molar-refractivity contribution in [1.29, 1.82) is 0 Å². The van der Waals surface area contributed by atoms with E-state index in [1.54, 1.807) is 0 Å². The quantitative estimate of drug-likeness (QED) is 0.840. The summed E-state index contributed by atoms with van der Waals surface area (Å²) < 4.78 is 36.5. The molecule has 0 aliphatic carbocycles. The van der Waals surface area contributed by atoms with E-state index in [9.17, 15) is 13.2 Å². The number of alkyl halides is 2. The Balaban J connectivity index is 2.71. The average molecular weight is 255 g/mol. The van der Waals surface area contributed by atoms with Gasteiger partial charge in [0.05, 0.1) is 12.2 Å². The lowest BCUT2D eigenvalue weighted by atomic mass is 10.4. The predicted molar refractivity (Wildman–Crippen MR) is 46.4 cm³/mol. The molecule has 1 N–H and O–H groups in total. The van der Waals surface area contributed by atoms with E-state index < -0.39 is 18.8 Å². The van der Waals surface area contributed by atoms with Crippen LogP contribution in [0.4, 0.5) is 18.9 Å². The van der Waals surface area contributed by atoms with E-state index in [4.69, 9.17) is 0 Å². The summed E-state index contributed by atoms with van der Waals surface area (Å²) in [6.45, 7) is -0.576. The van der Waals surface area contributed by atoms with Crippen LogP contribution in [0.5, 0.6) is 0 Å². The second kappa shape index (κ2) is 4.45. The zero-order valence-corrected chi connectivity index (χ0v) is 7.98. The summed E-state index contributed by atoms with van der Waals surface area (Å²) in [6, 6.07) is 1.29. The van der Waals surface area contributed by atoms with Gasteiger partial charge in [-0.2, -0.15) is 0 Å². The normalized spacial score (nSPS) is 10.5. The summed E-state index contributed by atoms with van der Waals surface area (Å²) in [5.74, 6) is -0.664. The van der Waals surface area contributed by atoms with E-state index in [1.807, 2.05) is 0 Å². The molecule has 1 rings (SSSR count). The van der Waals surface area contributed by atoms with Crippen molar-refractivity contribution in [2.75, 3.05) is 11.9 Å². The first kappa shape index (κ1) is 10.3. The molecule has 0 amide bonds. The van der Waals surface area contributed by atoms with Crippen LogP contribution in [0.15, 0.2) is 16.9 Å². The Kier molecular flexibility index (Phi) is 3.53. The third-order valence-corrected chi connectivity index (χ3v) is 1.85. The first-order valence-corrected chi connectivity index (χ1v) is 4.22. The van der Waals surface area contributed by atoms with Gasteiger partial charge in [0.1, 0.15) is 4.60 Å². The zero-order chi connectivity index (χ0) is 9.84. The number of hydrogen-bond donors (Lipinski definition) is 1. The molecule has 2 nitrogen and oxygen atoms in total. The number of nitrogens with zero attached hydrogens (tertiary/aromatic N) is 1. The van der Waals surface area contributed by atoms with Crippen molar-refractivity contribution in [2.24, 2.45) is 0 Å². The molecule has 0 saturated heterocycles. The maximum atomic E-state index is 13.0. The van der Waals surface area contributed by atoms with Gasteiger partial charge in [0.25, 0.3) is 6.43 Å². The number of anilines is 1. The molecule has 1 aromatic rings. The Bertz CT molecular complexity index is 293. The zero-order valence-electron chi connectivity index (χ0n) is 6.40.